The molecule has 3 aliphatic rings. The Hall–Kier alpha value is -2.93. The molecule has 3 heterocycles. The van der Waals surface area contributed by atoms with Crippen LogP contribution in [0.5, 0.6) is 5.75 Å². The Morgan fingerprint density at radius 3 is 2.80 bits per heavy atom. The van der Waals surface area contributed by atoms with E-state index in [9.17, 15) is 14.0 Å². The van der Waals surface area contributed by atoms with Gasteiger partial charge in [0.25, 0.3) is 11.8 Å². The van der Waals surface area contributed by atoms with Gasteiger partial charge in [-0.2, -0.15) is 0 Å². The van der Waals surface area contributed by atoms with Crippen molar-refractivity contribution < 1.29 is 18.7 Å². The van der Waals surface area contributed by atoms with Crippen LogP contribution >= 0.6 is 0 Å². The van der Waals surface area contributed by atoms with Crippen molar-refractivity contribution in [1.29, 1.82) is 0 Å². The highest BCUT2D eigenvalue weighted by atomic mass is 19.1. The van der Waals surface area contributed by atoms with Crippen LogP contribution in [0.2, 0.25) is 0 Å². The normalized spacial score (nSPS) is 26.8. The predicted molar refractivity (Wildman–Crippen MR) is 109 cm³/mol. The summed E-state index contributed by atoms with van der Waals surface area (Å²) in [6.07, 6.45) is 0.683. The van der Waals surface area contributed by atoms with Crippen molar-refractivity contribution in [3.05, 3.63) is 65.5 Å². The molecular weight excluding hydrogens is 385 g/mol. The van der Waals surface area contributed by atoms with Crippen molar-refractivity contribution in [1.82, 2.24) is 15.1 Å². The number of rotatable bonds is 4. The second-order valence-electron chi connectivity index (χ2n) is 8.22. The van der Waals surface area contributed by atoms with Gasteiger partial charge in [0, 0.05) is 55.8 Å². The zero-order valence-electron chi connectivity index (χ0n) is 16.6. The number of hydrogen-bond donors (Lipinski definition) is 1. The zero-order chi connectivity index (χ0) is 20.7. The summed E-state index contributed by atoms with van der Waals surface area (Å²) in [5.41, 5.74) is 1.42. The van der Waals surface area contributed by atoms with Crippen LogP contribution in [0.3, 0.4) is 0 Å². The Morgan fingerprint density at radius 1 is 1.13 bits per heavy atom. The van der Waals surface area contributed by atoms with E-state index < -0.39 is 6.10 Å². The molecule has 3 aliphatic heterocycles. The molecule has 1 unspecified atom stereocenters. The van der Waals surface area contributed by atoms with Crippen LogP contribution in [-0.2, 0) is 11.2 Å². The Bertz CT molecular complexity index is 967. The fourth-order valence-corrected chi connectivity index (χ4v) is 4.73. The van der Waals surface area contributed by atoms with E-state index in [-0.39, 0.29) is 29.7 Å². The van der Waals surface area contributed by atoms with Crippen LogP contribution in [0.15, 0.2) is 48.5 Å². The van der Waals surface area contributed by atoms with Crippen molar-refractivity contribution in [3.63, 3.8) is 0 Å². The third-order valence-electron chi connectivity index (χ3n) is 6.34. The molecule has 156 valence electrons. The molecule has 0 aliphatic carbocycles. The first-order valence-electron chi connectivity index (χ1n) is 10.4. The molecule has 2 aromatic carbocycles. The first kappa shape index (κ1) is 19.1. The summed E-state index contributed by atoms with van der Waals surface area (Å²) in [6.45, 7) is 2.81. The van der Waals surface area contributed by atoms with Crippen LogP contribution in [0, 0.1) is 5.82 Å². The van der Waals surface area contributed by atoms with Crippen LogP contribution in [0.4, 0.5) is 4.39 Å². The molecule has 2 amide bonds. The topological polar surface area (TPSA) is 61.9 Å². The number of nitrogens with one attached hydrogen (secondary N) is 1. The molecule has 2 fully saturated rings. The number of halogens is 1. The highest BCUT2D eigenvalue weighted by Gasteiger charge is 2.41. The van der Waals surface area contributed by atoms with Crippen molar-refractivity contribution in [3.8, 4) is 5.75 Å². The average Bonchev–Trinajstić information content (AvgIpc) is 3.38. The van der Waals surface area contributed by atoms with Crippen molar-refractivity contribution in [2.45, 2.75) is 31.0 Å². The smallest absolute Gasteiger partial charge is 0.261 e. The molecular formula is C23H24FN3O3. The van der Waals surface area contributed by atoms with Gasteiger partial charge in [-0.1, -0.05) is 18.2 Å². The summed E-state index contributed by atoms with van der Waals surface area (Å²) >= 11 is 0. The van der Waals surface area contributed by atoms with Gasteiger partial charge in [0.1, 0.15) is 11.6 Å². The van der Waals surface area contributed by atoms with Gasteiger partial charge in [0.05, 0.1) is 0 Å². The Labute approximate surface area is 174 Å². The SMILES string of the molecule is O=C(NC[C@@H]1CN(C(=O)c2ccccc2)[C@H]2CCN1C2)[C@H]1Cc2cc(F)ccc2O1. The number of carbonyl (C=O) groups excluding carboxylic acids is 2. The van der Waals surface area contributed by atoms with E-state index in [0.29, 0.717) is 30.8 Å². The van der Waals surface area contributed by atoms with Crippen molar-refractivity contribution in [2.75, 3.05) is 26.2 Å². The lowest BCUT2D eigenvalue weighted by Crippen LogP contribution is -2.58. The second-order valence-corrected chi connectivity index (χ2v) is 8.22. The highest BCUT2D eigenvalue weighted by molar-refractivity contribution is 5.94. The minimum atomic E-state index is -0.640. The maximum absolute atomic E-state index is 13.4. The molecule has 7 heteroatoms. The van der Waals surface area contributed by atoms with Gasteiger partial charge < -0.3 is 15.0 Å². The highest BCUT2D eigenvalue weighted by Crippen LogP contribution is 2.30. The Morgan fingerprint density at radius 2 is 1.97 bits per heavy atom. The molecule has 0 aromatic heterocycles. The average molecular weight is 409 g/mol. The van der Waals surface area contributed by atoms with Gasteiger partial charge in [-0.3, -0.25) is 14.5 Å². The summed E-state index contributed by atoms with van der Waals surface area (Å²) in [6, 6.07) is 14.0. The third kappa shape index (κ3) is 3.54. The van der Waals surface area contributed by atoms with Gasteiger partial charge in [0.2, 0.25) is 0 Å². The summed E-state index contributed by atoms with van der Waals surface area (Å²) in [7, 11) is 0. The summed E-state index contributed by atoms with van der Waals surface area (Å²) in [4.78, 5) is 30.0. The fraction of sp³-hybridized carbons (Fsp3) is 0.391. The maximum atomic E-state index is 13.4. The summed E-state index contributed by atoms with van der Waals surface area (Å²) in [5, 5.41) is 2.99. The standard InChI is InChI=1S/C23H24FN3O3/c24-17-6-7-20-16(10-17)11-21(30-20)22(28)25-12-19-14-27(18-8-9-26(19)13-18)23(29)15-4-2-1-3-5-15/h1-7,10,18-19,21H,8-9,11-14H2,(H,25,28)/t18-,19+,21+/m0/s1. The fourth-order valence-electron chi connectivity index (χ4n) is 4.73. The minimum Gasteiger partial charge on any atom is -0.480 e. The molecule has 0 spiro atoms. The third-order valence-corrected chi connectivity index (χ3v) is 6.34. The van der Waals surface area contributed by atoms with E-state index >= 15 is 0 Å². The van der Waals surface area contributed by atoms with Gasteiger partial charge >= 0.3 is 0 Å². The van der Waals surface area contributed by atoms with E-state index in [2.05, 4.69) is 10.2 Å². The molecule has 4 atom stereocenters. The quantitative estimate of drug-likeness (QED) is 0.837. The first-order chi connectivity index (χ1) is 14.6. The lowest BCUT2D eigenvalue weighted by atomic mass is 10.1. The molecule has 1 N–H and O–H groups in total. The van der Waals surface area contributed by atoms with E-state index in [1.54, 1.807) is 6.07 Å². The molecule has 0 radical (unpaired) electrons. The number of carbonyl (C=O) groups is 2. The number of piperazine rings is 1. The number of hydrogen-bond acceptors (Lipinski definition) is 4. The van der Waals surface area contributed by atoms with Crippen molar-refractivity contribution >= 4 is 11.8 Å². The van der Waals surface area contributed by atoms with Crippen LogP contribution in [0.25, 0.3) is 0 Å². The molecule has 6 nitrogen and oxygen atoms in total. The van der Waals surface area contributed by atoms with E-state index in [1.807, 2.05) is 35.2 Å². The monoisotopic (exact) mass is 409 g/mol. The molecule has 2 aromatic rings. The number of benzene rings is 2. The Kier molecular flexibility index (Phi) is 4.90. The van der Waals surface area contributed by atoms with Gasteiger partial charge in [-0.05, 0) is 36.8 Å². The number of fused-ring (bicyclic) bond motifs is 3. The summed E-state index contributed by atoms with van der Waals surface area (Å²) in [5.74, 6) is 0.0903. The van der Waals surface area contributed by atoms with E-state index in [1.165, 1.54) is 12.1 Å². The number of nitrogens with zero attached hydrogens (tertiary/aromatic N) is 2. The largest absolute Gasteiger partial charge is 0.480 e. The zero-order valence-corrected chi connectivity index (χ0v) is 16.6. The lowest BCUT2D eigenvalue weighted by Gasteiger charge is -2.40. The van der Waals surface area contributed by atoms with Crippen LogP contribution in [-0.4, -0.2) is 66.0 Å². The molecule has 5 rings (SSSR count). The minimum absolute atomic E-state index is 0.0510. The molecule has 30 heavy (non-hydrogen) atoms. The lowest BCUT2D eigenvalue weighted by molar-refractivity contribution is -0.127. The maximum Gasteiger partial charge on any atom is 0.261 e. The van der Waals surface area contributed by atoms with Gasteiger partial charge in [-0.15, -0.1) is 0 Å². The van der Waals surface area contributed by atoms with E-state index in [4.69, 9.17) is 4.74 Å². The summed E-state index contributed by atoms with van der Waals surface area (Å²) < 4.78 is 19.1. The van der Waals surface area contributed by atoms with Gasteiger partial charge in [-0.25, -0.2) is 4.39 Å². The Balaban J connectivity index is 1.21. The first-order valence-corrected chi connectivity index (χ1v) is 10.4. The van der Waals surface area contributed by atoms with Gasteiger partial charge in [0.15, 0.2) is 6.10 Å². The molecule has 0 saturated carbocycles. The number of ether oxygens (including phenoxy) is 1. The molecule has 2 bridgehead atoms. The van der Waals surface area contributed by atoms with Crippen LogP contribution in [0.1, 0.15) is 22.3 Å². The molecule has 2 saturated heterocycles. The van der Waals surface area contributed by atoms with Crippen LogP contribution < -0.4 is 10.1 Å². The second kappa shape index (κ2) is 7.72. The number of amides is 2. The van der Waals surface area contributed by atoms with E-state index in [0.717, 1.165) is 25.1 Å². The predicted octanol–water partition coefficient (Wildman–Crippen LogP) is 1.84. The van der Waals surface area contributed by atoms with Crippen molar-refractivity contribution in [2.24, 2.45) is 0 Å².